The molecule has 0 saturated carbocycles. The van der Waals surface area contributed by atoms with Gasteiger partial charge in [0.15, 0.2) is 6.10 Å². The smallest absolute Gasteiger partial charge is 0.251 e. The highest BCUT2D eigenvalue weighted by Crippen LogP contribution is 2.41. The molecule has 0 unspecified atom stereocenters. The quantitative estimate of drug-likeness (QED) is 0.762. The summed E-state index contributed by atoms with van der Waals surface area (Å²) in [4.78, 5) is 17.2. The van der Waals surface area contributed by atoms with E-state index in [1.54, 1.807) is 6.20 Å². The maximum Gasteiger partial charge on any atom is 0.251 e. The minimum Gasteiger partial charge on any atom is -0.352 e. The number of hydrogen-bond acceptors (Lipinski definition) is 6. The van der Waals surface area contributed by atoms with Crippen LogP contribution in [-0.2, 0) is 31.7 Å². The summed E-state index contributed by atoms with van der Waals surface area (Å²) >= 11 is 0. The lowest BCUT2D eigenvalue weighted by Gasteiger charge is -2.45. The number of imidazole rings is 1. The maximum atomic E-state index is 13.1. The van der Waals surface area contributed by atoms with Crippen LogP contribution in [0.1, 0.15) is 38.1 Å². The minimum atomic E-state index is -3.69. The average molecular weight is 444 g/mol. The second-order valence-corrected chi connectivity index (χ2v) is 10.1. The van der Waals surface area contributed by atoms with Crippen LogP contribution in [0, 0.1) is 11.3 Å². The Morgan fingerprint density at radius 3 is 2.58 bits per heavy atom. The molecule has 1 fully saturated rings. The molecular weight excluding hydrogens is 418 g/mol. The van der Waals surface area contributed by atoms with Crippen LogP contribution in [0.2, 0.25) is 0 Å². The van der Waals surface area contributed by atoms with Crippen molar-refractivity contribution >= 4 is 15.9 Å². The average Bonchev–Trinajstić information content (AvgIpc) is 3.23. The van der Waals surface area contributed by atoms with Gasteiger partial charge in [0.05, 0.1) is 23.1 Å². The van der Waals surface area contributed by atoms with E-state index in [0.717, 1.165) is 5.82 Å². The molecule has 1 N–H and O–H groups in total. The van der Waals surface area contributed by atoms with E-state index < -0.39 is 21.7 Å². The summed E-state index contributed by atoms with van der Waals surface area (Å²) in [5.74, 6) is 0.554. The van der Waals surface area contributed by atoms with Crippen molar-refractivity contribution in [2.45, 2.75) is 55.9 Å². The van der Waals surface area contributed by atoms with E-state index >= 15 is 0 Å². The van der Waals surface area contributed by atoms with Crippen molar-refractivity contribution in [2.24, 2.45) is 0 Å². The molecule has 1 atom stereocenters. The van der Waals surface area contributed by atoms with Crippen molar-refractivity contribution in [3.63, 3.8) is 0 Å². The number of fused-ring (bicyclic) bond motifs is 2. The fourth-order valence-electron chi connectivity index (χ4n) is 4.19. The first-order valence-corrected chi connectivity index (χ1v) is 11.7. The van der Waals surface area contributed by atoms with E-state index in [4.69, 9.17) is 10.00 Å². The number of sulfonamides is 1. The summed E-state index contributed by atoms with van der Waals surface area (Å²) in [6, 6.07) is 7.88. The van der Waals surface area contributed by atoms with Crippen LogP contribution >= 0.6 is 0 Å². The van der Waals surface area contributed by atoms with Crippen LogP contribution in [0.15, 0.2) is 41.6 Å². The third kappa shape index (κ3) is 3.96. The number of nitrogens with one attached hydrogen (secondary N) is 1. The van der Waals surface area contributed by atoms with Crippen molar-refractivity contribution in [2.75, 3.05) is 13.1 Å². The summed E-state index contributed by atoms with van der Waals surface area (Å²) in [6.45, 7) is 4.65. The number of piperidine rings is 1. The Balaban J connectivity index is 1.54. The van der Waals surface area contributed by atoms with E-state index in [0.29, 0.717) is 24.9 Å². The second kappa shape index (κ2) is 8.07. The topological polar surface area (TPSA) is 117 Å². The maximum absolute atomic E-state index is 13.1. The fraction of sp³-hybridized carbons (Fsp3) is 0.476. The van der Waals surface area contributed by atoms with Gasteiger partial charge in [-0.2, -0.15) is 9.57 Å². The number of carbonyl (C=O) groups is 1. The first-order chi connectivity index (χ1) is 14.7. The van der Waals surface area contributed by atoms with Gasteiger partial charge < -0.3 is 14.6 Å². The second-order valence-electron chi connectivity index (χ2n) is 8.21. The normalized spacial score (nSPS) is 20.9. The largest absolute Gasteiger partial charge is 0.352 e. The van der Waals surface area contributed by atoms with E-state index in [1.165, 1.54) is 28.6 Å². The number of hydrogen-bond donors (Lipinski definition) is 1. The van der Waals surface area contributed by atoms with Gasteiger partial charge in [0.25, 0.3) is 5.91 Å². The van der Waals surface area contributed by atoms with Gasteiger partial charge >= 0.3 is 0 Å². The molecule has 31 heavy (non-hydrogen) atoms. The number of nitrogens with zero attached hydrogens (tertiary/aromatic N) is 4. The lowest BCUT2D eigenvalue weighted by molar-refractivity contribution is -0.171. The number of nitriles is 1. The van der Waals surface area contributed by atoms with Crippen molar-refractivity contribution in [3.8, 4) is 6.07 Å². The van der Waals surface area contributed by atoms with Gasteiger partial charge in [-0.15, -0.1) is 0 Å². The summed E-state index contributed by atoms with van der Waals surface area (Å²) in [5.41, 5.74) is -0.401. The summed E-state index contributed by atoms with van der Waals surface area (Å²) in [6.07, 6.45) is 3.64. The molecule has 1 amide bonds. The third-order valence-corrected chi connectivity index (χ3v) is 7.64. The summed E-state index contributed by atoms with van der Waals surface area (Å²) in [7, 11) is -3.69. The number of carbonyl (C=O) groups excluding carboxylic acids is 1. The third-order valence-electron chi connectivity index (χ3n) is 5.73. The highest BCUT2D eigenvalue weighted by Gasteiger charge is 2.48. The standard InChI is InChI=1S/C21H25N5O4S/c1-15(2)24-19(27)18-14-25-12-9-23-20(25)21(30-18)7-10-26(11-8-21)31(28,29)17-5-3-16(13-22)4-6-17/h3-6,9,12,15,18H,7-8,10-11,14H2,1-2H3,(H,24,27)/t18-/m0/s1. The molecule has 3 heterocycles. The number of ether oxygens (including phenoxy) is 1. The molecule has 0 bridgehead atoms. The van der Waals surface area contributed by atoms with Gasteiger partial charge in [-0.25, -0.2) is 13.4 Å². The predicted molar refractivity (Wildman–Crippen MR) is 111 cm³/mol. The van der Waals surface area contributed by atoms with Crippen LogP contribution < -0.4 is 5.32 Å². The molecule has 1 spiro atoms. The number of amides is 1. The molecule has 4 rings (SSSR count). The Kier molecular flexibility index (Phi) is 5.60. The van der Waals surface area contributed by atoms with Crippen molar-refractivity contribution in [3.05, 3.63) is 48.0 Å². The Bertz CT molecular complexity index is 1110. The molecule has 1 aromatic heterocycles. The number of aromatic nitrogens is 2. The zero-order valence-electron chi connectivity index (χ0n) is 17.5. The summed E-state index contributed by atoms with van der Waals surface area (Å²) < 4.78 is 35.8. The zero-order chi connectivity index (χ0) is 22.2. The Morgan fingerprint density at radius 1 is 1.29 bits per heavy atom. The first-order valence-electron chi connectivity index (χ1n) is 10.3. The molecule has 164 valence electrons. The van der Waals surface area contributed by atoms with E-state index in [2.05, 4.69) is 10.3 Å². The predicted octanol–water partition coefficient (Wildman–Crippen LogP) is 1.36. The van der Waals surface area contributed by atoms with Gasteiger partial charge in [-0.1, -0.05) is 0 Å². The molecule has 9 nitrogen and oxygen atoms in total. The molecule has 1 aromatic carbocycles. The van der Waals surface area contributed by atoms with Gasteiger partial charge in [0.1, 0.15) is 11.4 Å². The van der Waals surface area contributed by atoms with E-state index in [9.17, 15) is 13.2 Å². The number of rotatable bonds is 4. The molecule has 2 aliphatic rings. The summed E-state index contributed by atoms with van der Waals surface area (Å²) in [5, 5.41) is 11.8. The van der Waals surface area contributed by atoms with E-state index in [-0.39, 0.29) is 29.9 Å². The zero-order valence-corrected chi connectivity index (χ0v) is 18.3. The van der Waals surface area contributed by atoms with Crippen LogP contribution in [-0.4, -0.2) is 53.4 Å². The highest BCUT2D eigenvalue weighted by molar-refractivity contribution is 7.89. The van der Waals surface area contributed by atoms with Gasteiger partial charge in [0, 0.05) is 31.5 Å². The molecule has 10 heteroatoms. The van der Waals surface area contributed by atoms with Crippen LogP contribution in [0.4, 0.5) is 0 Å². The van der Waals surface area contributed by atoms with Crippen LogP contribution in [0.25, 0.3) is 0 Å². The molecule has 0 radical (unpaired) electrons. The molecule has 0 aliphatic carbocycles. The van der Waals surface area contributed by atoms with E-state index in [1.807, 2.05) is 30.7 Å². The van der Waals surface area contributed by atoms with Gasteiger partial charge in [-0.05, 0) is 51.0 Å². The number of benzene rings is 1. The highest BCUT2D eigenvalue weighted by atomic mass is 32.2. The lowest BCUT2D eigenvalue weighted by Crippen LogP contribution is -2.55. The lowest BCUT2D eigenvalue weighted by atomic mass is 9.89. The van der Waals surface area contributed by atoms with Crippen LogP contribution in [0.3, 0.4) is 0 Å². The Morgan fingerprint density at radius 2 is 1.97 bits per heavy atom. The van der Waals surface area contributed by atoms with Gasteiger partial charge in [-0.3, -0.25) is 4.79 Å². The monoisotopic (exact) mass is 443 g/mol. The fourth-order valence-corrected chi connectivity index (χ4v) is 5.63. The minimum absolute atomic E-state index is 0.00403. The van der Waals surface area contributed by atoms with Crippen molar-refractivity contribution in [1.29, 1.82) is 5.26 Å². The van der Waals surface area contributed by atoms with Crippen molar-refractivity contribution in [1.82, 2.24) is 19.2 Å². The molecular formula is C21H25N5O4S. The van der Waals surface area contributed by atoms with Crippen LogP contribution in [0.5, 0.6) is 0 Å². The Hall–Kier alpha value is -2.74. The van der Waals surface area contributed by atoms with Gasteiger partial charge in [0.2, 0.25) is 10.0 Å². The molecule has 2 aromatic rings. The first kappa shape index (κ1) is 21.5. The molecule has 2 aliphatic heterocycles. The molecule has 1 saturated heterocycles. The SMILES string of the molecule is CC(C)NC(=O)[C@@H]1Cn2ccnc2C2(CCN(S(=O)(=O)c3ccc(C#N)cc3)CC2)O1. The Labute approximate surface area is 181 Å². The van der Waals surface area contributed by atoms with Crippen molar-refractivity contribution < 1.29 is 17.9 Å².